The number of carbonyl (C=O) groups excluding carboxylic acids is 1. The van der Waals surface area contributed by atoms with Crippen molar-refractivity contribution in [1.29, 1.82) is 0 Å². The van der Waals surface area contributed by atoms with Crippen LogP contribution in [0.2, 0.25) is 0 Å². The molecule has 1 amide bonds. The molecule has 1 fully saturated rings. The Kier molecular flexibility index (Phi) is 3.50. The van der Waals surface area contributed by atoms with E-state index >= 15 is 0 Å². The summed E-state index contributed by atoms with van der Waals surface area (Å²) in [5.74, 6) is 0.545. The molecule has 0 atom stereocenters. The van der Waals surface area contributed by atoms with Gasteiger partial charge in [0.15, 0.2) is 0 Å². The van der Waals surface area contributed by atoms with Crippen LogP contribution in [0.25, 0.3) is 0 Å². The van der Waals surface area contributed by atoms with Gasteiger partial charge in [-0.2, -0.15) is 0 Å². The zero-order chi connectivity index (χ0) is 10.0. The molecule has 13 heavy (non-hydrogen) atoms. The van der Waals surface area contributed by atoms with Crippen LogP contribution in [0.1, 0.15) is 27.2 Å². The summed E-state index contributed by atoms with van der Waals surface area (Å²) in [6.45, 7) is 6.27. The van der Waals surface area contributed by atoms with E-state index in [0.29, 0.717) is 10.2 Å². The molecule has 0 spiro atoms. The molecule has 0 saturated carbocycles. The second-order valence-corrected chi connectivity index (χ2v) is 5.24. The summed E-state index contributed by atoms with van der Waals surface area (Å²) in [5, 5.41) is 2.62. The fourth-order valence-corrected chi connectivity index (χ4v) is 2.37. The summed E-state index contributed by atoms with van der Waals surface area (Å²) in [4.78, 5) is 12.1. The van der Waals surface area contributed by atoms with E-state index < -0.39 is 0 Å². The minimum absolute atomic E-state index is 0.0341. The molecule has 0 aromatic heterocycles. The highest BCUT2D eigenvalue weighted by Crippen LogP contribution is 2.29. The van der Waals surface area contributed by atoms with Gasteiger partial charge in [0.1, 0.15) is 4.32 Å². The van der Waals surface area contributed by atoms with Gasteiger partial charge in [0, 0.05) is 0 Å². The number of thiocarbonyl (C=S) groups is 1. The maximum absolute atomic E-state index is 11.3. The molecule has 2 nitrogen and oxygen atoms in total. The normalized spacial score (nSPS) is 20.9. The van der Waals surface area contributed by atoms with Crippen molar-refractivity contribution in [3.8, 4) is 0 Å². The van der Waals surface area contributed by atoms with Crippen LogP contribution >= 0.6 is 24.0 Å². The quantitative estimate of drug-likeness (QED) is 0.566. The molecular weight excluding hydrogens is 202 g/mol. The molecule has 0 unspecified atom stereocenters. The lowest BCUT2D eigenvalue weighted by Gasteiger charge is -2.05. The van der Waals surface area contributed by atoms with Gasteiger partial charge in [0.05, 0.1) is 4.91 Å². The summed E-state index contributed by atoms with van der Waals surface area (Å²) in [7, 11) is 0. The third-order valence-electron chi connectivity index (χ3n) is 1.72. The van der Waals surface area contributed by atoms with Gasteiger partial charge in [-0.15, -0.1) is 0 Å². The standard InChI is InChI=1S/C9H13NOS2/c1-5(2)4-6(3)7-8(11)10-9(12)13-7/h5H,4H2,1-3H3,(H,10,11,12)/b7-6-. The van der Waals surface area contributed by atoms with Gasteiger partial charge in [0.25, 0.3) is 5.91 Å². The molecule has 1 aliphatic heterocycles. The van der Waals surface area contributed by atoms with Gasteiger partial charge < -0.3 is 5.32 Å². The molecule has 4 heteroatoms. The number of amides is 1. The molecule has 0 aliphatic carbocycles. The van der Waals surface area contributed by atoms with E-state index in [1.807, 2.05) is 6.92 Å². The Morgan fingerprint density at radius 3 is 2.62 bits per heavy atom. The number of carbonyl (C=O) groups is 1. The molecule has 1 N–H and O–H groups in total. The minimum Gasteiger partial charge on any atom is -0.307 e. The maximum atomic E-state index is 11.3. The van der Waals surface area contributed by atoms with Crippen molar-refractivity contribution in [2.75, 3.05) is 0 Å². The maximum Gasteiger partial charge on any atom is 0.263 e. The first kappa shape index (κ1) is 10.7. The van der Waals surface area contributed by atoms with E-state index in [9.17, 15) is 4.79 Å². The Labute approximate surface area is 88.2 Å². The first-order valence-electron chi connectivity index (χ1n) is 4.23. The number of allylic oxidation sites excluding steroid dienone is 1. The molecule has 0 aromatic carbocycles. The molecule has 72 valence electrons. The Morgan fingerprint density at radius 1 is 1.62 bits per heavy atom. The van der Waals surface area contributed by atoms with Gasteiger partial charge in [-0.1, -0.05) is 43.4 Å². The fourth-order valence-electron chi connectivity index (χ4n) is 1.30. The van der Waals surface area contributed by atoms with Crippen LogP contribution in [-0.2, 0) is 4.79 Å². The van der Waals surface area contributed by atoms with Gasteiger partial charge in [-0.05, 0) is 19.3 Å². The second-order valence-electron chi connectivity index (χ2n) is 3.55. The van der Waals surface area contributed by atoms with E-state index in [0.717, 1.165) is 16.9 Å². The van der Waals surface area contributed by atoms with Crippen LogP contribution < -0.4 is 5.32 Å². The van der Waals surface area contributed by atoms with E-state index in [1.165, 1.54) is 11.8 Å². The number of nitrogens with one attached hydrogen (secondary N) is 1. The van der Waals surface area contributed by atoms with Gasteiger partial charge in [0.2, 0.25) is 0 Å². The zero-order valence-electron chi connectivity index (χ0n) is 8.01. The van der Waals surface area contributed by atoms with E-state index in [4.69, 9.17) is 12.2 Å². The topological polar surface area (TPSA) is 29.1 Å². The summed E-state index contributed by atoms with van der Waals surface area (Å²) in [5.41, 5.74) is 1.14. The summed E-state index contributed by atoms with van der Waals surface area (Å²) < 4.78 is 0.572. The van der Waals surface area contributed by atoms with E-state index in [-0.39, 0.29) is 5.91 Å². The lowest BCUT2D eigenvalue weighted by Crippen LogP contribution is -2.18. The first-order valence-corrected chi connectivity index (χ1v) is 5.46. The fraction of sp³-hybridized carbons (Fsp3) is 0.556. The number of rotatable bonds is 2. The molecule has 0 bridgehead atoms. The highest BCUT2D eigenvalue weighted by Gasteiger charge is 2.24. The average Bonchev–Trinajstić information content (AvgIpc) is 2.28. The predicted molar refractivity (Wildman–Crippen MR) is 60.5 cm³/mol. The molecule has 1 aliphatic rings. The van der Waals surface area contributed by atoms with Crippen LogP contribution in [0.4, 0.5) is 0 Å². The smallest absolute Gasteiger partial charge is 0.263 e. The van der Waals surface area contributed by atoms with Gasteiger partial charge in [-0.25, -0.2) is 0 Å². The third-order valence-corrected chi connectivity index (χ3v) is 3.10. The molecule has 0 aromatic rings. The largest absolute Gasteiger partial charge is 0.307 e. The van der Waals surface area contributed by atoms with E-state index in [1.54, 1.807) is 0 Å². The Morgan fingerprint density at radius 2 is 2.23 bits per heavy atom. The Balaban J connectivity index is 2.79. The van der Waals surface area contributed by atoms with Gasteiger partial charge in [-0.3, -0.25) is 4.79 Å². The molecular formula is C9H13NOS2. The predicted octanol–water partition coefficient (Wildman–Crippen LogP) is 2.45. The molecule has 1 rings (SSSR count). The zero-order valence-corrected chi connectivity index (χ0v) is 9.64. The number of hydrogen-bond donors (Lipinski definition) is 1. The van der Waals surface area contributed by atoms with Crippen molar-refractivity contribution in [3.05, 3.63) is 10.5 Å². The summed E-state index contributed by atoms with van der Waals surface area (Å²) >= 11 is 6.28. The Bertz CT molecular complexity index is 281. The molecule has 1 saturated heterocycles. The van der Waals surface area contributed by atoms with Crippen LogP contribution in [0.3, 0.4) is 0 Å². The number of hydrogen-bond acceptors (Lipinski definition) is 3. The van der Waals surface area contributed by atoms with Crippen LogP contribution in [0.15, 0.2) is 10.5 Å². The van der Waals surface area contributed by atoms with Crippen molar-refractivity contribution in [2.24, 2.45) is 5.92 Å². The second kappa shape index (κ2) is 4.24. The number of thioether (sulfide) groups is 1. The van der Waals surface area contributed by atoms with E-state index in [2.05, 4.69) is 19.2 Å². The van der Waals surface area contributed by atoms with Crippen molar-refractivity contribution in [2.45, 2.75) is 27.2 Å². The first-order chi connectivity index (χ1) is 6.00. The minimum atomic E-state index is -0.0341. The van der Waals surface area contributed by atoms with Crippen molar-refractivity contribution >= 4 is 34.2 Å². The average molecular weight is 215 g/mol. The van der Waals surface area contributed by atoms with Crippen molar-refractivity contribution in [1.82, 2.24) is 5.32 Å². The SMILES string of the molecule is C/C(CC(C)C)=C1/SC(=S)NC1=O. The van der Waals surface area contributed by atoms with Crippen LogP contribution in [0, 0.1) is 5.92 Å². The highest BCUT2D eigenvalue weighted by atomic mass is 32.2. The third kappa shape index (κ3) is 2.81. The van der Waals surface area contributed by atoms with Gasteiger partial charge >= 0.3 is 0 Å². The Hall–Kier alpha value is -0.350. The lowest BCUT2D eigenvalue weighted by molar-refractivity contribution is -0.115. The van der Waals surface area contributed by atoms with Crippen LogP contribution in [0.5, 0.6) is 0 Å². The van der Waals surface area contributed by atoms with Crippen molar-refractivity contribution in [3.63, 3.8) is 0 Å². The molecule has 0 radical (unpaired) electrons. The highest BCUT2D eigenvalue weighted by molar-refractivity contribution is 8.26. The summed E-state index contributed by atoms with van der Waals surface area (Å²) in [6, 6.07) is 0. The monoisotopic (exact) mass is 215 g/mol. The summed E-state index contributed by atoms with van der Waals surface area (Å²) in [6.07, 6.45) is 0.957. The van der Waals surface area contributed by atoms with Crippen LogP contribution in [-0.4, -0.2) is 10.2 Å². The molecule has 1 heterocycles. The lowest BCUT2D eigenvalue weighted by atomic mass is 10.0. The van der Waals surface area contributed by atoms with Crippen molar-refractivity contribution < 1.29 is 4.79 Å².